The highest BCUT2D eigenvalue weighted by Crippen LogP contribution is 2.25. The van der Waals surface area contributed by atoms with E-state index in [0.29, 0.717) is 25.6 Å². The third kappa shape index (κ3) is 5.90. The molecular formula is C18H34N2O4. The maximum atomic E-state index is 12.1. The number of hydrogen-bond donors (Lipinski definition) is 2. The summed E-state index contributed by atoms with van der Waals surface area (Å²) in [7, 11) is 0. The van der Waals surface area contributed by atoms with Crippen molar-refractivity contribution in [2.45, 2.75) is 58.2 Å². The zero-order valence-electron chi connectivity index (χ0n) is 15.4. The first-order chi connectivity index (χ1) is 11.3. The summed E-state index contributed by atoms with van der Waals surface area (Å²) >= 11 is 0. The zero-order chi connectivity index (χ0) is 17.7. The molecule has 2 rings (SSSR count). The minimum absolute atomic E-state index is 0.248. The Balaban J connectivity index is 1.71. The number of β-amino-alcohol motifs (C(OH)–C–C–N with tert-alkyl or cyclic N) is 1. The zero-order valence-corrected chi connectivity index (χ0v) is 15.4. The van der Waals surface area contributed by atoms with Gasteiger partial charge < -0.3 is 24.7 Å². The van der Waals surface area contributed by atoms with Crippen LogP contribution in [0.15, 0.2) is 0 Å². The number of aliphatic hydroxyl groups is 2. The Bertz CT molecular complexity index is 402. The lowest BCUT2D eigenvalue weighted by Crippen LogP contribution is -2.45. The molecule has 6 nitrogen and oxygen atoms in total. The Morgan fingerprint density at radius 2 is 1.88 bits per heavy atom. The second-order valence-electron chi connectivity index (χ2n) is 8.30. The van der Waals surface area contributed by atoms with Crippen molar-refractivity contribution in [1.29, 1.82) is 0 Å². The molecule has 0 spiro atoms. The predicted octanol–water partition coefficient (Wildman–Crippen LogP) is 1.70. The molecule has 0 aromatic rings. The molecule has 2 aliphatic rings. The highest BCUT2D eigenvalue weighted by Gasteiger charge is 2.32. The van der Waals surface area contributed by atoms with Gasteiger partial charge in [-0.25, -0.2) is 4.79 Å². The van der Waals surface area contributed by atoms with Crippen LogP contribution in [0.1, 0.15) is 46.5 Å². The van der Waals surface area contributed by atoms with E-state index >= 15 is 0 Å². The average Bonchev–Trinajstić information content (AvgIpc) is 2.93. The molecule has 0 saturated carbocycles. The summed E-state index contributed by atoms with van der Waals surface area (Å²) < 4.78 is 5.41. The highest BCUT2D eigenvalue weighted by atomic mass is 16.6. The summed E-state index contributed by atoms with van der Waals surface area (Å²) in [4.78, 5) is 16.1. The molecule has 2 fully saturated rings. The fourth-order valence-electron chi connectivity index (χ4n) is 3.70. The number of carbonyl (C=O) groups excluding carboxylic acids is 1. The number of likely N-dealkylation sites (tertiary alicyclic amines) is 2. The summed E-state index contributed by atoms with van der Waals surface area (Å²) in [5, 5.41) is 19.6. The van der Waals surface area contributed by atoms with E-state index < -0.39 is 5.60 Å². The first-order valence-electron chi connectivity index (χ1n) is 9.27. The molecule has 1 amide bonds. The van der Waals surface area contributed by atoms with Crippen molar-refractivity contribution < 1.29 is 19.7 Å². The maximum Gasteiger partial charge on any atom is 0.410 e. The van der Waals surface area contributed by atoms with Gasteiger partial charge in [0.25, 0.3) is 0 Å². The van der Waals surface area contributed by atoms with Gasteiger partial charge in [-0.05, 0) is 64.8 Å². The van der Waals surface area contributed by atoms with Crippen LogP contribution in [-0.4, -0.2) is 77.1 Å². The van der Waals surface area contributed by atoms with Gasteiger partial charge in [0.05, 0.1) is 6.10 Å². The number of ether oxygens (including phenoxy) is 1. The summed E-state index contributed by atoms with van der Waals surface area (Å²) in [6, 6.07) is 0. The molecule has 2 heterocycles. The highest BCUT2D eigenvalue weighted by molar-refractivity contribution is 5.68. The topological polar surface area (TPSA) is 73.2 Å². The Morgan fingerprint density at radius 1 is 1.21 bits per heavy atom. The molecule has 24 heavy (non-hydrogen) atoms. The van der Waals surface area contributed by atoms with E-state index in [0.717, 1.165) is 38.8 Å². The molecule has 2 saturated heterocycles. The lowest BCUT2D eigenvalue weighted by Gasteiger charge is -2.36. The van der Waals surface area contributed by atoms with Gasteiger partial charge in [0.1, 0.15) is 5.60 Å². The van der Waals surface area contributed by atoms with E-state index in [1.807, 2.05) is 20.8 Å². The van der Waals surface area contributed by atoms with Gasteiger partial charge in [-0.3, -0.25) is 0 Å². The van der Waals surface area contributed by atoms with Gasteiger partial charge in [0, 0.05) is 32.8 Å². The molecule has 2 aliphatic heterocycles. The normalized spacial score (nSPS) is 25.0. The summed E-state index contributed by atoms with van der Waals surface area (Å²) in [5.74, 6) is 0.816. The Morgan fingerprint density at radius 3 is 2.46 bits per heavy atom. The van der Waals surface area contributed by atoms with Crippen molar-refractivity contribution in [3.05, 3.63) is 0 Å². The van der Waals surface area contributed by atoms with Gasteiger partial charge in [-0.1, -0.05) is 0 Å². The molecule has 6 heteroatoms. The standard InChI is InChI=1S/C18H34N2O4/c1-18(2,3)24-17(23)20-9-5-15(6-10-20)16(22)13-19-8-4-14(12-19)7-11-21/h14-16,21-22H,4-13H2,1-3H3/t14-,16-/m1/s1. The lowest BCUT2D eigenvalue weighted by molar-refractivity contribution is 0.00314. The van der Waals surface area contributed by atoms with E-state index in [4.69, 9.17) is 9.84 Å². The summed E-state index contributed by atoms with van der Waals surface area (Å²) in [6.07, 6.45) is 3.05. The van der Waals surface area contributed by atoms with Crippen LogP contribution in [0.25, 0.3) is 0 Å². The fraction of sp³-hybridized carbons (Fsp3) is 0.944. The third-order valence-corrected chi connectivity index (χ3v) is 5.09. The Kier molecular flexibility index (Phi) is 6.89. The number of rotatable bonds is 5. The van der Waals surface area contributed by atoms with Crippen molar-refractivity contribution in [2.75, 3.05) is 39.3 Å². The minimum atomic E-state index is -0.464. The van der Waals surface area contributed by atoms with Crippen LogP contribution < -0.4 is 0 Å². The molecule has 0 aromatic carbocycles. The van der Waals surface area contributed by atoms with Crippen molar-refractivity contribution in [3.8, 4) is 0 Å². The maximum absolute atomic E-state index is 12.1. The predicted molar refractivity (Wildman–Crippen MR) is 92.8 cm³/mol. The van der Waals surface area contributed by atoms with Crippen LogP contribution in [0.5, 0.6) is 0 Å². The second-order valence-corrected chi connectivity index (χ2v) is 8.30. The van der Waals surface area contributed by atoms with Gasteiger partial charge in [0.15, 0.2) is 0 Å². The fourth-order valence-corrected chi connectivity index (χ4v) is 3.70. The van der Waals surface area contributed by atoms with Gasteiger partial charge >= 0.3 is 6.09 Å². The van der Waals surface area contributed by atoms with Crippen molar-refractivity contribution in [3.63, 3.8) is 0 Å². The van der Waals surface area contributed by atoms with Crippen LogP contribution in [0.4, 0.5) is 4.79 Å². The monoisotopic (exact) mass is 342 g/mol. The molecule has 0 radical (unpaired) electrons. The van der Waals surface area contributed by atoms with Gasteiger partial charge in [0.2, 0.25) is 0 Å². The number of aliphatic hydroxyl groups excluding tert-OH is 2. The van der Waals surface area contributed by atoms with Crippen LogP contribution >= 0.6 is 0 Å². The summed E-state index contributed by atoms with van der Waals surface area (Å²) in [5.41, 5.74) is -0.464. The lowest BCUT2D eigenvalue weighted by atomic mass is 9.91. The van der Waals surface area contributed by atoms with Gasteiger partial charge in [-0.2, -0.15) is 0 Å². The number of carbonyl (C=O) groups is 1. The molecule has 2 N–H and O–H groups in total. The molecule has 0 bridgehead atoms. The van der Waals surface area contributed by atoms with Gasteiger partial charge in [-0.15, -0.1) is 0 Å². The molecule has 0 aromatic heterocycles. The van der Waals surface area contributed by atoms with Crippen molar-refractivity contribution >= 4 is 6.09 Å². The third-order valence-electron chi connectivity index (χ3n) is 5.09. The summed E-state index contributed by atoms with van der Waals surface area (Å²) in [6.45, 7) is 9.90. The number of amides is 1. The van der Waals surface area contributed by atoms with E-state index in [1.165, 1.54) is 0 Å². The quantitative estimate of drug-likeness (QED) is 0.795. The van der Waals surface area contributed by atoms with E-state index in [1.54, 1.807) is 4.90 Å². The SMILES string of the molecule is CC(C)(C)OC(=O)N1CCC([C@H](O)CN2CC[C@H](CCO)C2)CC1. The molecule has 2 atom stereocenters. The van der Waals surface area contributed by atoms with Crippen molar-refractivity contribution in [1.82, 2.24) is 9.80 Å². The van der Waals surface area contributed by atoms with E-state index in [2.05, 4.69) is 4.90 Å². The number of nitrogens with zero attached hydrogens (tertiary/aromatic N) is 2. The van der Waals surface area contributed by atoms with Crippen LogP contribution in [0, 0.1) is 11.8 Å². The van der Waals surface area contributed by atoms with Crippen molar-refractivity contribution in [2.24, 2.45) is 11.8 Å². The minimum Gasteiger partial charge on any atom is -0.444 e. The van der Waals surface area contributed by atoms with E-state index in [9.17, 15) is 9.90 Å². The van der Waals surface area contributed by atoms with Crippen LogP contribution in [0.3, 0.4) is 0 Å². The second kappa shape index (κ2) is 8.50. The first-order valence-corrected chi connectivity index (χ1v) is 9.27. The largest absolute Gasteiger partial charge is 0.444 e. The molecule has 0 unspecified atom stereocenters. The van der Waals surface area contributed by atoms with E-state index in [-0.39, 0.29) is 24.7 Å². The van der Waals surface area contributed by atoms with Crippen LogP contribution in [0.2, 0.25) is 0 Å². The van der Waals surface area contributed by atoms with Crippen LogP contribution in [-0.2, 0) is 4.74 Å². The molecule has 140 valence electrons. The molecular weight excluding hydrogens is 308 g/mol. The smallest absolute Gasteiger partial charge is 0.410 e. The Hall–Kier alpha value is -0.850. The Labute approximate surface area is 145 Å². The number of piperidine rings is 1. The average molecular weight is 342 g/mol. The molecule has 0 aliphatic carbocycles. The first kappa shape index (κ1) is 19.5. The number of hydrogen-bond acceptors (Lipinski definition) is 5.